The molecule has 0 atom stereocenters. The fraction of sp³-hybridized carbons (Fsp3) is 0.281. The quantitative estimate of drug-likeness (QED) is 0.123. The Kier molecular flexibility index (Phi) is 9.98. The molecule has 0 unspecified atom stereocenters. The smallest absolute Gasteiger partial charge is 0.265 e. The highest BCUT2D eigenvalue weighted by Crippen LogP contribution is 2.47. The maximum atomic E-state index is 11.5. The molecule has 0 saturated carbocycles. The van der Waals surface area contributed by atoms with Gasteiger partial charge < -0.3 is 4.90 Å². The van der Waals surface area contributed by atoms with Gasteiger partial charge in [-0.2, -0.15) is 21.4 Å². The number of aromatic nitrogens is 1. The predicted octanol–water partition coefficient (Wildman–Crippen LogP) is 6.97. The monoisotopic (exact) mass is 671 g/mol. The number of rotatable bonds is 12. The molecule has 0 fully saturated rings. The number of anilines is 1. The zero-order valence-corrected chi connectivity index (χ0v) is 27.8. The summed E-state index contributed by atoms with van der Waals surface area (Å²) in [5, 5.41) is 1.93. The minimum Gasteiger partial charge on any atom is -0.335 e. The molecular formula is C32H35N2O6S4+. The molecule has 0 amide bonds. The molecule has 2 N–H and O–H groups in total. The average Bonchev–Trinajstić information content (AvgIpc) is 3.48. The van der Waals surface area contributed by atoms with E-state index in [1.807, 2.05) is 25.1 Å². The minimum atomic E-state index is -4.09. The summed E-state index contributed by atoms with van der Waals surface area (Å²) in [7, 11) is -8.15. The number of aryl methyl sites for hydroxylation is 2. The Morgan fingerprint density at radius 3 is 2.34 bits per heavy atom. The predicted molar refractivity (Wildman–Crippen MR) is 180 cm³/mol. The zero-order valence-electron chi connectivity index (χ0n) is 24.5. The van der Waals surface area contributed by atoms with Crippen molar-refractivity contribution >= 4 is 65.3 Å². The highest BCUT2D eigenvalue weighted by molar-refractivity contribution is 8.03. The summed E-state index contributed by atoms with van der Waals surface area (Å²) >= 11 is 3.25. The molecule has 0 bridgehead atoms. The van der Waals surface area contributed by atoms with Crippen LogP contribution in [0, 0.1) is 6.92 Å². The van der Waals surface area contributed by atoms with E-state index in [4.69, 9.17) is 0 Å². The second-order valence-electron chi connectivity index (χ2n) is 10.7. The van der Waals surface area contributed by atoms with Crippen molar-refractivity contribution in [1.82, 2.24) is 0 Å². The van der Waals surface area contributed by atoms with Gasteiger partial charge in [0.15, 0.2) is 6.54 Å². The summed E-state index contributed by atoms with van der Waals surface area (Å²) in [4.78, 5) is 3.19. The third-order valence-electron chi connectivity index (χ3n) is 7.32. The van der Waals surface area contributed by atoms with Gasteiger partial charge >= 0.3 is 0 Å². The lowest BCUT2D eigenvalue weighted by atomic mass is 10.1. The lowest BCUT2D eigenvalue weighted by molar-refractivity contribution is -0.668. The van der Waals surface area contributed by atoms with Crippen molar-refractivity contribution in [3.63, 3.8) is 0 Å². The molecule has 5 rings (SSSR count). The molecule has 3 aromatic carbocycles. The Bertz CT molecular complexity index is 1950. The fourth-order valence-corrected chi connectivity index (χ4v) is 8.45. The topological polar surface area (TPSA) is 116 Å². The number of benzene rings is 3. The zero-order chi connectivity index (χ0) is 31.5. The first-order valence-electron chi connectivity index (χ1n) is 14.3. The van der Waals surface area contributed by atoms with Crippen molar-refractivity contribution < 1.29 is 30.5 Å². The first-order chi connectivity index (χ1) is 20.9. The van der Waals surface area contributed by atoms with Gasteiger partial charge in [0, 0.05) is 30.0 Å². The molecule has 1 aliphatic heterocycles. The minimum absolute atomic E-state index is 0.264. The van der Waals surface area contributed by atoms with Crippen LogP contribution in [-0.4, -0.2) is 44.0 Å². The first kappa shape index (κ1) is 32.4. The van der Waals surface area contributed by atoms with Crippen LogP contribution < -0.4 is 9.47 Å². The lowest BCUT2D eigenvalue weighted by Gasteiger charge is -2.21. The van der Waals surface area contributed by atoms with E-state index in [-0.39, 0.29) is 24.3 Å². The Morgan fingerprint density at radius 1 is 0.909 bits per heavy atom. The van der Waals surface area contributed by atoms with Gasteiger partial charge in [-0.05, 0) is 66.3 Å². The summed E-state index contributed by atoms with van der Waals surface area (Å²) in [5.41, 5.74) is 6.30. The van der Waals surface area contributed by atoms with Crippen molar-refractivity contribution in [2.45, 2.75) is 44.6 Å². The normalized spacial score (nSPS) is 15.0. The largest absolute Gasteiger partial charge is 0.335 e. The van der Waals surface area contributed by atoms with Crippen LogP contribution in [-0.2, 0) is 26.8 Å². The molecule has 0 saturated heterocycles. The SMILES string of the molecule is CCC(=C/c1sc2ccc(-c3ccccc3)cc2[n+]1CCCS(=O)(=O)O)/C=C1\Sc2ccc(C)cc2N1CCCS(=O)(=O)O. The third-order valence-corrected chi connectivity index (χ3v) is 11.2. The third kappa shape index (κ3) is 8.17. The van der Waals surface area contributed by atoms with Gasteiger partial charge in [-0.1, -0.05) is 72.5 Å². The highest BCUT2D eigenvalue weighted by atomic mass is 32.2. The van der Waals surface area contributed by atoms with Crippen LogP contribution in [0.3, 0.4) is 0 Å². The van der Waals surface area contributed by atoms with Gasteiger partial charge in [0.05, 0.1) is 22.2 Å². The summed E-state index contributed by atoms with van der Waals surface area (Å²) in [6, 6.07) is 22.6. The summed E-state index contributed by atoms with van der Waals surface area (Å²) in [6.45, 7) is 4.95. The number of nitrogens with zero attached hydrogens (tertiary/aromatic N) is 2. The molecule has 232 valence electrons. The molecule has 1 aromatic heterocycles. The maximum Gasteiger partial charge on any atom is 0.265 e. The van der Waals surface area contributed by atoms with Crippen LogP contribution in [0.1, 0.15) is 36.8 Å². The number of thioether (sulfide) groups is 1. The molecule has 0 aliphatic carbocycles. The first-order valence-corrected chi connectivity index (χ1v) is 19.2. The van der Waals surface area contributed by atoms with Crippen molar-refractivity contribution in [3.05, 3.63) is 94.0 Å². The van der Waals surface area contributed by atoms with E-state index in [2.05, 4.69) is 77.1 Å². The van der Waals surface area contributed by atoms with Gasteiger partial charge in [-0.3, -0.25) is 9.11 Å². The van der Waals surface area contributed by atoms with Crippen LogP contribution in [0.4, 0.5) is 5.69 Å². The second-order valence-corrected chi connectivity index (χ2v) is 16.0. The summed E-state index contributed by atoms with van der Waals surface area (Å²) < 4.78 is 67.7. The van der Waals surface area contributed by atoms with E-state index in [0.717, 1.165) is 59.5 Å². The molecule has 8 nitrogen and oxygen atoms in total. The lowest BCUT2D eigenvalue weighted by Crippen LogP contribution is -2.36. The van der Waals surface area contributed by atoms with E-state index in [1.165, 1.54) is 0 Å². The molecule has 1 aliphatic rings. The molecule has 44 heavy (non-hydrogen) atoms. The van der Waals surface area contributed by atoms with Gasteiger partial charge in [-0.25, -0.2) is 0 Å². The van der Waals surface area contributed by atoms with E-state index in [1.54, 1.807) is 23.1 Å². The fourth-order valence-electron chi connectivity index (χ4n) is 5.17. The van der Waals surface area contributed by atoms with Gasteiger partial charge in [-0.15, -0.1) is 0 Å². The van der Waals surface area contributed by atoms with E-state index < -0.39 is 20.2 Å². The summed E-state index contributed by atoms with van der Waals surface area (Å²) in [6.07, 6.45) is 5.52. The highest BCUT2D eigenvalue weighted by Gasteiger charge is 2.26. The molecule has 0 spiro atoms. The van der Waals surface area contributed by atoms with Crippen LogP contribution in [0.15, 0.2) is 88.3 Å². The van der Waals surface area contributed by atoms with Crippen LogP contribution in [0.5, 0.6) is 0 Å². The van der Waals surface area contributed by atoms with Crippen molar-refractivity contribution in [2.75, 3.05) is 23.0 Å². The Morgan fingerprint density at radius 2 is 1.64 bits per heavy atom. The molecule has 12 heteroatoms. The van der Waals surface area contributed by atoms with Crippen LogP contribution in [0.2, 0.25) is 0 Å². The van der Waals surface area contributed by atoms with Crippen LogP contribution in [0.25, 0.3) is 27.4 Å². The average molecular weight is 672 g/mol. The number of fused-ring (bicyclic) bond motifs is 2. The Hall–Kier alpha value is -3.00. The number of hydrogen-bond acceptors (Lipinski definition) is 7. The molecule has 0 radical (unpaired) electrons. The van der Waals surface area contributed by atoms with Crippen LogP contribution >= 0.6 is 23.1 Å². The number of hydrogen-bond donors (Lipinski definition) is 2. The standard InChI is InChI=1S/C32H34N2O6S4/c1-3-24(20-31-33(15-7-17-43(35,36)37)27-19-23(2)11-13-29(27)41-31)21-32-34(16-8-18-44(38,39)40)28-22-26(12-14-30(28)42-32)25-9-5-4-6-10-25/h4-6,9-14,19-22H,3,7-8,15-18H2,1-2H3,(H-,35,36,37,38,39,40)/p+1. The Labute approximate surface area is 267 Å². The number of allylic oxidation sites excluding steroid dienone is 2. The number of thiazole rings is 1. The van der Waals surface area contributed by atoms with E-state index in [0.29, 0.717) is 13.1 Å². The van der Waals surface area contributed by atoms with Crippen molar-refractivity contribution in [2.24, 2.45) is 0 Å². The van der Waals surface area contributed by atoms with Gasteiger partial charge in [0.25, 0.3) is 25.2 Å². The van der Waals surface area contributed by atoms with Gasteiger partial charge in [0.2, 0.25) is 5.52 Å². The van der Waals surface area contributed by atoms with Crippen molar-refractivity contribution in [1.29, 1.82) is 0 Å². The van der Waals surface area contributed by atoms with E-state index in [9.17, 15) is 25.9 Å². The maximum absolute atomic E-state index is 11.5. The molecule has 4 aromatic rings. The van der Waals surface area contributed by atoms with E-state index >= 15 is 0 Å². The molecule has 2 heterocycles. The molecular weight excluding hydrogens is 637 g/mol. The van der Waals surface area contributed by atoms with Gasteiger partial charge in [0.1, 0.15) is 4.70 Å². The Balaban J connectivity index is 1.54. The summed E-state index contributed by atoms with van der Waals surface area (Å²) in [5.74, 6) is -0.633. The van der Waals surface area contributed by atoms with Crippen molar-refractivity contribution in [3.8, 4) is 11.1 Å². The second kappa shape index (κ2) is 13.6.